The summed E-state index contributed by atoms with van der Waals surface area (Å²) < 4.78 is 54.7. The van der Waals surface area contributed by atoms with Crippen LogP contribution in [0, 0.1) is 11.7 Å². The molecule has 1 amide bonds. The first-order valence-electron chi connectivity index (χ1n) is 11.4. The maximum absolute atomic E-state index is 13.3. The second kappa shape index (κ2) is 12.3. The molecule has 1 saturated carbocycles. The zero-order valence-corrected chi connectivity index (χ0v) is 19.5. The lowest BCUT2D eigenvalue weighted by molar-refractivity contribution is -0.0515. The number of hydrogen-bond acceptors (Lipinski definition) is 6. The van der Waals surface area contributed by atoms with E-state index < -0.39 is 18.3 Å². The van der Waals surface area contributed by atoms with Gasteiger partial charge < -0.3 is 24.9 Å². The van der Waals surface area contributed by atoms with Crippen LogP contribution in [0.15, 0.2) is 46.9 Å². The third-order valence-electron chi connectivity index (χ3n) is 5.02. The number of nitrogens with zero attached hydrogens (tertiary/aromatic N) is 1. The lowest BCUT2D eigenvalue weighted by Gasteiger charge is -2.12. The average Bonchev–Trinajstić information content (AvgIpc) is 3.59. The van der Waals surface area contributed by atoms with Crippen LogP contribution in [0.2, 0.25) is 0 Å². The summed E-state index contributed by atoms with van der Waals surface area (Å²) in [6.45, 7) is 1.38. The Hall–Kier alpha value is -3.53. The molecule has 10 heteroatoms. The number of carbonyl (C=O) groups excluding carboxylic acids is 1. The summed E-state index contributed by atoms with van der Waals surface area (Å²) in [5.74, 6) is -0.310. The molecule has 0 bridgehead atoms. The Morgan fingerprint density at radius 3 is 2.63 bits per heavy atom. The number of aromatic nitrogens is 1. The Kier molecular flexibility index (Phi) is 9.13. The van der Waals surface area contributed by atoms with Crippen molar-refractivity contribution in [1.29, 1.82) is 0 Å². The first kappa shape index (κ1) is 26.1. The number of halogens is 3. The molecule has 1 heterocycles. The smallest absolute Gasteiger partial charge is 0.387 e. The van der Waals surface area contributed by atoms with Gasteiger partial charge in [-0.2, -0.15) is 8.78 Å². The number of nitrogens with one attached hydrogen (secondary N) is 1. The minimum atomic E-state index is -3.00. The fraction of sp³-hybridized carbons (Fsp3) is 0.360. The molecule has 0 aliphatic heterocycles. The van der Waals surface area contributed by atoms with E-state index in [0.29, 0.717) is 23.7 Å². The van der Waals surface area contributed by atoms with Crippen LogP contribution in [0.4, 0.5) is 13.2 Å². The van der Waals surface area contributed by atoms with Gasteiger partial charge in [-0.15, -0.1) is 0 Å². The largest absolute Gasteiger partial charge is 0.489 e. The molecule has 7 nitrogen and oxygen atoms in total. The molecule has 2 aromatic carbocycles. The Labute approximate surface area is 201 Å². The maximum atomic E-state index is 13.3. The molecule has 3 aromatic rings. The molecule has 1 aromatic heterocycles. The van der Waals surface area contributed by atoms with E-state index in [9.17, 15) is 18.0 Å². The Balaban J connectivity index is 0.00000167. The normalized spacial score (nSPS) is 12.7. The molecule has 0 radical (unpaired) electrons. The molecule has 1 aliphatic rings. The maximum Gasteiger partial charge on any atom is 0.387 e. The van der Waals surface area contributed by atoms with Crippen LogP contribution in [-0.4, -0.2) is 24.1 Å². The Bertz CT molecular complexity index is 1130. The van der Waals surface area contributed by atoms with Crippen LogP contribution in [0.3, 0.4) is 0 Å². The lowest BCUT2D eigenvalue weighted by Crippen LogP contribution is -2.24. The summed E-state index contributed by atoms with van der Waals surface area (Å²) in [5, 5.41) is 2.65. The van der Waals surface area contributed by atoms with Gasteiger partial charge in [-0.1, -0.05) is 26.0 Å². The molecule has 4 rings (SSSR count). The van der Waals surface area contributed by atoms with Crippen molar-refractivity contribution in [2.24, 2.45) is 11.7 Å². The van der Waals surface area contributed by atoms with Gasteiger partial charge in [0, 0.05) is 12.1 Å². The summed E-state index contributed by atoms with van der Waals surface area (Å²) in [5.41, 5.74) is 6.68. The first-order chi connectivity index (χ1) is 16.9. The fourth-order valence-corrected chi connectivity index (χ4v) is 3.14. The molecule has 0 unspecified atom stereocenters. The van der Waals surface area contributed by atoms with Gasteiger partial charge in [0.15, 0.2) is 23.0 Å². The summed E-state index contributed by atoms with van der Waals surface area (Å²) in [4.78, 5) is 16.9. The van der Waals surface area contributed by atoms with E-state index >= 15 is 0 Å². The highest BCUT2D eigenvalue weighted by molar-refractivity contribution is 5.93. The zero-order valence-electron chi connectivity index (χ0n) is 19.5. The van der Waals surface area contributed by atoms with E-state index in [1.807, 2.05) is 13.8 Å². The van der Waals surface area contributed by atoms with Crippen molar-refractivity contribution >= 4 is 5.91 Å². The van der Waals surface area contributed by atoms with Gasteiger partial charge in [-0.3, -0.25) is 4.79 Å². The standard InChI is InChI=1S/C23H22F3N3O4.C2H6/c24-16-3-1-2-14(8-16)11-28-21(30)20-19(10-27)32-22(29-20)15-6-7-17(33-23(25)26)18(9-15)31-12-13-4-5-13;1-2/h1-3,6-9,13,23H,4-5,10-12,27H2,(H,28,30);1-2H3. The monoisotopic (exact) mass is 491 g/mol. The minimum Gasteiger partial charge on any atom is -0.489 e. The lowest BCUT2D eigenvalue weighted by atomic mass is 10.2. The third kappa shape index (κ3) is 7.22. The van der Waals surface area contributed by atoms with Gasteiger partial charge in [-0.25, -0.2) is 9.37 Å². The summed E-state index contributed by atoms with van der Waals surface area (Å²) in [7, 11) is 0. The van der Waals surface area contributed by atoms with E-state index in [4.69, 9.17) is 14.9 Å². The van der Waals surface area contributed by atoms with Crippen molar-refractivity contribution in [3.8, 4) is 23.0 Å². The van der Waals surface area contributed by atoms with Crippen molar-refractivity contribution in [2.75, 3.05) is 6.61 Å². The van der Waals surface area contributed by atoms with Gasteiger partial charge in [0.05, 0.1) is 13.2 Å². The molecule has 3 N–H and O–H groups in total. The number of ether oxygens (including phenoxy) is 2. The molecule has 1 fully saturated rings. The summed E-state index contributed by atoms with van der Waals surface area (Å²) in [6, 6.07) is 10.1. The number of alkyl halides is 2. The second-order valence-corrected chi connectivity index (χ2v) is 7.60. The van der Waals surface area contributed by atoms with E-state index in [1.54, 1.807) is 12.1 Å². The van der Waals surface area contributed by atoms with Crippen molar-refractivity contribution in [3.63, 3.8) is 0 Å². The van der Waals surface area contributed by atoms with Gasteiger partial charge in [-0.05, 0) is 54.7 Å². The molecule has 188 valence electrons. The number of hydrogen-bond donors (Lipinski definition) is 2. The number of nitrogens with two attached hydrogens (primary N) is 1. The number of rotatable bonds is 10. The number of amides is 1. The summed E-state index contributed by atoms with van der Waals surface area (Å²) >= 11 is 0. The summed E-state index contributed by atoms with van der Waals surface area (Å²) in [6.07, 6.45) is 2.05. The van der Waals surface area contributed by atoms with E-state index in [1.165, 1.54) is 30.3 Å². The van der Waals surface area contributed by atoms with E-state index in [0.717, 1.165) is 12.8 Å². The highest BCUT2D eigenvalue weighted by Gasteiger charge is 2.24. The molecular weight excluding hydrogens is 463 g/mol. The average molecular weight is 492 g/mol. The fourth-order valence-electron chi connectivity index (χ4n) is 3.14. The van der Waals surface area contributed by atoms with Gasteiger partial charge in [0.25, 0.3) is 5.91 Å². The van der Waals surface area contributed by atoms with Crippen molar-refractivity contribution in [3.05, 3.63) is 65.3 Å². The van der Waals surface area contributed by atoms with E-state index in [-0.39, 0.29) is 41.9 Å². The molecule has 0 atom stereocenters. The number of carbonyl (C=O) groups is 1. The van der Waals surface area contributed by atoms with Crippen LogP contribution in [-0.2, 0) is 13.1 Å². The number of oxazole rings is 1. The van der Waals surface area contributed by atoms with Crippen molar-refractivity contribution in [2.45, 2.75) is 46.4 Å². The minimum absolute atomic E-state index is 0.0164. The van der Waals surface area contributed by atoms with Crippen molar-refractivity contribution in [1.82, 2.24) is 10.3 Å². The third-order valence-corrected chi connectivity index (χ3v) is 5.02. The van der Waals surface area contributed by atoms with Crippen LogP contribution in [0.5, 0.6) is 11.5 Å². The predicted molar refractivity (Wildman–Crippen MR) is 124 cm³/mol. The topological polar surface area (TPSA) is 99.6 Å². The Morgan fingerprint density at radius 1 is 1.20 bits per heavy atom. The van der Waals surface area contributed by atoms with Crippen molar-refractivity contribution < 1.29 is 31.9 Å². The van der Waals surface area contributed by atoms with Crippen LogP contribution >= 0.6 is 0 Å². The molecule has 35 heavy (non-hydrogen) atoms. The van der Waals surface area contributed by atoms with Gasteiger partial charge in [0.1, 0.15) is 5.82 Å². The molecule has 0 saturated heterocycles. The predicted octanol–water partition coefficient (Wildman–Crippen LogP) is 5.29. The number of benzene rings is 2. The SMILES string of the molecule is CC.NCc1oc(-c2ccc(OC(F)F)c(OCC3CC3)c2)nc1C(=O)NCc1cccc(F)c1. The van der Waals surface area contributed by atoms with Crippen LogP contribution in [0.1, 0.15) is 48.5 Å². The molecule has 0 spiro atoms. The van der Waals surface area contributed by atoms with Gasteiger partial charge >= 0.3 is 6.61 Å². The van der Waals surface area contributed by atoms with Crippen LogP contribution in [0.25, 0.3) is 11.5 Å². The highest BCUT2D eigenvalue weighted by Crippen LogP contribution is 2.36. The second-order valence-electron chi connectivity index (χ2n) is 7.60. The quantitative estimate of drug-likeness (QED) is 0.400. The highest BCUT2D eigenvalue weighted by atomic mass is 19.3. The van der Waals surface area contributed by atoms with Crippen LogP contribution < -0.4 is 20.5 Å². The molecular formula is C25H28F3N3O4. The zero-order chi connectivity index (χ0) is 25.4. The van der Waals surface area contributed by atoms with E-state index in [2.05, 4.69) is 15.0 Å². The first-order valence-corrected chi connectivity index (χ1v) is 11.4. The van der Waals surface area contributed by atoms with Gasteiger partial charge in [0.2, 0.25) is 5.89 Å². The Morgan fingerprint density at radius 2 is 1.97 bits per heavy atom. The molecule has 1 aliphatic carbocycles.